The third-order valence-electron chi connectivity index (χ3n) is 4.97. The van der Waals surface area contributed by atoms with Crippen LogP contribution in [0.3, 0.4) is 0 Å². The molecule has 9 nitrogen and oxygen atoms in total. The molecule has 0 spiro atoms. The minimum atomic E-state index is -3.46. The van der Waals surface area contributed by atoms with E-state index in [1.54, 1.807) is 17.5 Å². The van der Waals surface area contributed by atoms with Crippen molar-refractivity contribution in [2.45, 2.75) is 23.6 Å². The van der Waals surface area contributed by atoms with Crippen molar-refractivity contribution in [3.05, 3.63) is 41.7 Å². The number of hydrogen-bond donors (Lipinski definition) is 1. The lowest BCUT2D eigenvalue weighted by molar-refractivity contribution is -0.126. The number of sulfonamides is 1. The molecule has 0 saturated carbocycles. The number of piperidine rings is 1. The molecule has 0 unspecified atom stereocenters. The van der Waals surface area contributed by atoms with Crippen LogP contribution < -0.4 is 5.32 Å². The van der Waals surface area contributed by atoms with Crippen molar-refractivity contribution < 1.29 is 17.7 Å². The Morgan fingerprint density at radius 3 is 2.76 bits per heavy atom. The second-order valence-electron chi connectivity index (χ2n) is 6.84. The fourth-order valence-corrected chi connectivity index (χ4v) is 5.94. The number of amides is 1. The summed E-state index contributed by atoms with van der Waals surface area (Å²) in [4.78, 5) is 16.8. The maximum Gasteiger partial charge on any atom is 0.252 e. The van der Waals surface area contributed by atoms with E-state index in [1.807, 2.05) is 29.9 Å². The quantitative estimate of drug-likeness (QED) is 0.633. The molecule has 0 atom stereocenters. The van der Waals surface area contributed by atoms with Gasteiger partial charge in [0.05, 0.1) is 12.2 Å². The lowest BCUT2D eigenvalue weighted by atomic mass is 9.97. The number of aryl methyl sites for hydroxylation is 1. The van der Waals surface area contributed by atoms with Crippen molar-refractivity contribution in [3.8, 4) is 11.5 Å². The molecule has 1 aliphatic heterocycles. The summed E-state index contributed by atoms with van der Waals surface area (Å²) >= 11 is 1.20. The highest BCUT2D eigenvalue weighted by molar-refractivity contribution is 7.91. The van der Waals surface area contributed by atoms with E-state index in [0.29, 0.717) is 41.9 Å². The van der Waals surface area contributed by atoms with Gasteiger partial charge in [0.1, 0.15) is 4.21 Å². The average molecular weight is 436 g/mol. The molecule has 1 saturated heterocycles. The standard InChI is InChI=1S/C18H21N5O4S2/c1-22-8-2-4-14(22)17-20-15(27-21-17)12-19-18(24)13-6-9-23(10-7-13)29(25,26)16-5-3-11-28-16/h2-5,8,11,13H,6-7,9-10,12H2,1H3,(H,19,24). The molecule has 4 rings (SSSR count). The zero-order chi connectivity index (χ0) is 20.4. The number of nitrogens with zero attached hydrogens (tertiary/aromatic N) is 4. The lowest BCUT2D eigenvalue weighted by Gasteiger charge is -2.30. The molecule has 1 fully saturated rings. The van der Waals surface area contributed by atoms with Crippen molar-refractivity contribution in [2.24, 2.45) is 13.0 Å². The van der Waals surface area contributed by atoms with E-state index in [2.05, 4.69) is 15.5 Å². The molecule has 0 aromatic carbocycles. The van der Waals surface area contributed by atoms with Crippen molar-refractivity contribution in [2.75, 3.05) is 13.1 Å². The number of hydrogen-bond acceptors (Lipinski definition) is 7. The summed E-state index contributed by atoms with van der Waals surface area (Å²) in [6, 6.07) is 7.09. The van der Waals surface area contributed by atoms with Gasteiger partial charge < -0.3 is 14.4 Å². The van der Waals surface area contributed by atoms with Gasteiger partial charge in [0.15, 0.2) is 0 Å². The molecular weight excluding hydrogens is 414 g/mol. The van der Waals surface area contributed by atoms with Crippen LogP contribution in [0.2, 0.25) is 0 Å². The van der Waals surface area contributed by atoms with Crippen molar-refractivity contribution in [1.82, 2.24) is 24.3 Å². The first-order valence-corrected chi connectivity index (χ1v) is 11.5. The van der Waals surface area contributed by atoms with Crippen LogP contribution >= 0.6 is 11.3 Å². The molecule has 154 valence electrons. The predicted molar refractivity (Wildman–Crippen MR) is 106 cm³/mol. The van der Waals surface area contributed by atoms with Crippen LogP contribution in [0.15, 0.2) is 44.6 Å². The van der Waals surface area contributed by atoms with Crippen LogP contribution in [-0.2, 0) is 28.4 Å². The third kappa shape index (κ3) is 4.11. The molecular formula is C18H21N5O4S2. The van der Waals surface area contributed by atoms with Gasteiger partial charge in [-0.3, -0.25) is 4.79 Å². The fourth-order valence-electron chi connectivity index (χ4n) is 3.33. The summed E-state index contributed by atoms with van der Waals surface area (Å²) in [5.41, 5.74) is 0.825. The lowest BCUT2D eigenvalue weighted by Crippen LogP contribution is -2.42. The van der Waals surface area contributed by atoms with Crippen molar-refractivity contribution in [1.29, 1.82) is 0 Å². The van der Waals surface area contributed by atoms with Crippen molar-refractivity contribution in [3.63, 3.8) is 0 Å². The highest BCUT2D eigenvalue weighted by atomic mass is 32.2. The Morgan fingerprint density at radius 1 is 1.31 bits per heavy atom. The summed E-state index contributed by atoms with van der Waals surface area (Å²) in [7, 11) is -1.57. The molecule has 1 amide bonds. The Hall–Kier alpha value is -2.50. The summed E-state index contributed by atoms with van der Waals surface area (Å²) in [6.45, 7) is 0.803. The Labute approximate surface area is 172 Å². The fraction of sp³-hybridized carbons (Fsp3) is 0.389. The van der Waals surface area contributed by atoms with Gasteiger partial charge in [-0.1, -0.05) is 11.2 Å². The zero-order valence-electron chi connectivity index (χ0n) is 15.8. The highest BCUT2D eigenvalue weighted by Crippen LogP contribution is 2.26. The summed E-state index contributed by atoms with van der Waals surface area (Å²) in [5.74, 6) is 0.429. The topological polar surface area (TPSA) is 110 Å². The van der Waals surface area contributed by atoms with Gasteiger partial charge in [0, 0.05) is 32.3 Å². The smallest absolute Gasteiger partial charge is 0.252 e. The van der Waals surface area contributed by atoms with Crippen molar-refractivity contribution >= 4 is 27.3 Å². The maximum atomic E-state index is 12.6. The zero-order valence-corrected chi connectivity index (χ0v) is 17.4. The van der Waals surface area contributed by atoms with Gasteiger partial charge in [0.25, 0.3) is 10.0 Å². The van der Waals surface area contributed by atoms with Crippen LogP contribution in [-0.4, -0.2) is 46.4 Å². The Bertz CT molecular complexity index is 1080. The van der Waals surface area contributed by atoms with E-state index in [4.69, 9.17) is 4.52 Å². The molecule has 11 heteroatoms. The molecule has 1 aliphatic rings. The first-order valence-electron chi connectivity index (χ1n) is 9.21. The number of aromatic nitrogens is 3. The molecule has 1 N–H and O–H groups in total. The van der Waals surface area contributed by atoms with Crippen LogP contribution in [0.5, 0.6) is 0 Å². The normalized spacial score (nSPS) is 16.2. The van der Waals surface area contributed by atoms with Gasteiger partial charge in [0.2, 0.25) is 17.6 Å². The van der Waals surface area contributed by atoms with E-state index < -0.39 is 10.0 Å². The van der Waals surface area contributed by atoms with E-state index >= 15 is 0 Å². The second-order valence-corrected chi connectivity index (χ2v) is 9.96. The van der Waals surface area contributed by atoms with Gasteiger partial charge in [-0.2, -0.15) is 9.29 Å². The SMILES string of the molecule is Cn1cccc1-c1noc(CNC(=O)C2CCN(S(=O)(=O)c3cccs3)CC2)n1. The van der Waals surface area contributed by atoms with Crippen LogP contribution in [0.1, 0.15) is 18.7 Å². The Kier molecular flexibility index (Phi) is 5.52. The van der Waals surface area contributed by atoms with Gasteiger partial charge >= 0.3 is 0 Å². The third-order valence-corrected chi connectivity index (χ3v) is 8.24. The summed E-state index contributed by atoms with van der Waals surface area (Å²) in [6.07, 6.45) is 2.85. The minimum Gasteiger partial charge on any atom is -0.348 e. The highest BCUT2D eigenvalue weighted by Gasteiger charge is 2.32. The number of thiophene rings is 1. The second kappa shape index (κ2) is 8.09. The Balaban J connectivity index is 1.30. The summed E-state index contributed by atoms with van der Waals surface area (Å²) in [5, 5.41) is 8.50. The number of nitrogens with one attached hydrogen (secondary N) is 1. The van der Waals surface area contributed by atoms with Gasteiger partial charge in [-0.15, -0.1) is 11.3 Å². The molecule has 29 heavy (non-hydrogen) atoms. The van der Waals surface area contributed by atoms with E-state index in [0.717, 1.165) is 5.69 Å². The molecule has 4 heterocycles. The Morgan fingerprint density at radius 2 is 2.10 bits per heavy atom. The van der Waals surface area contributed by atoms with E-state index in [-0.39, 0.29) is 18.4 Å². The molecule has 0 radical (unpaired) electrons. The van der Waals surface area contributed by atoms with Gasteiger partial charge in [-0.25, -0.2) is 8.42 Å². The minimum absolute atomic E-state index is 0.128. The molecule has 3 aromatic heterocycles. The summed E-state index contributed by atoms with van der Waals surface area (Å²) < 4.78 is 34.0. The van der Waals surface area contributed by atoms with E-state index in [9.17, 15) is 13.2 Å². The van der Waals surface area contributed by atoms with Crippen LogP contribution in [0, 0.1) is 5.92 Å². The molecule has 0 aliphatic carbocycles. The number of rotatable bonds is 6. The number of carbonyl (C=O) groups is 1. The largest absolute Gasteiger partial charge is 0.348 e. The monoisotopic (exact) mass is 435 g/mol. The van der Waals surface area contributed by atoms with Crippen LogP contribution in [0.25, 0.3) is 11.5 Å². The maximum absolute atomic E-state index is 12.6. The number of carbonyl (C=O) groups excluding carboxylic acids is 1. The van der Waals surface area contributed by atoms with Gasteiger partial charge in [-0.05, 0) is 36.4 Å². The predicted octanol–water partition coefficient (Wildman–Crippen LogP) is 1.85. The first-order chi connectivity index (χ1) is 13.9. The average Bonchev–Trinajstić information content (AvgIpc) is 3.47. The van der Waals surface area contributed by atoms with Crippen LogP contribution in [0.4, 0.5) is 0 Å². The van der Waals surface area contributed by atoms with E-state index in [1.165, 1.54) is 15.6 Å². The molecule has 0 bridgehead atoms. The molecule has 3 aromatic rings. The first kappa shape index (κ1) is 19.8.